The zero-order chi connectivity index (χ0) is 15.8. The number of benzene rings is 2. The van der Waals surface area contributed by atoms with Crippen LogP contribution < -0.4 is 9.47 Å². The van der Waals surface area contributed by atoms with Crippen LogP contribution in [-0.4, -0.2) is 32.6 Å². The molecule has 0 aliphatic carbocycles. The number of ether oxygens (including phenoxy) is 2. The molecule has 0 aliphatic rings. The van der Waals surface area contributed by atoms with Gasteiger partial charge in [-0.2, -0.15) is 0 Å². The molecular weight excluding hydrogens is 274 g/mol. The van der Waals surface area contributed by atoms with Crippen molar-refractivity contribution in [1.82, 2.24) is 4.90 Å². The summed E-state index contributed by atoms with van der Waals surface area (Å²) in [6, 6.07) is 16.4. The van der Waals surface area contributed by atoms with Crippen molar-refractivity contribution in [1.29, 1.82) is 0 Å². The van der Waals surface area contributed by atoms with Crippen LogP contribution in [0.25, 0.3) is 0 Å². The molecule has 0 unspecified atom stereocenters. The Morgan fingerprint density at radius 3 is 2.36 bits per heavy atom. The van der Waals surface area contributed by atoms with Crippen LogP contribution in [0.5, 0.6) is 11.5 Å². The first-order valence-electron chi connectivity index (χ1n) is 7.67. The third kappa shape index (κ3) is 5.08. The van der Waals surface area contributed by atoms with Crippen molar-refractivity contribution in [2.75, 3.05) is 27.7 Å². The van der Waals surface area contributed by atoms with Crippen molar-refractivity contribution in [3.8, 4) is 11.5 Å². The average Bonchev–Trinajstić information content (AvgIpc) is 2.54. The lowest BCUT2D eigenvalue weighted by Gasteiger charge is -2.13. The fourth-order valence-corrected chi connectivity index (χ4v) is 2.32. The Morgan fingerprint density at radius 1 is 0.909 bits per heavy atom. The third-order valence-corrected chi connectivity index (χ3v) is 3.54. The fraction of sp³-hybridized carbons (Fsp3) is 0.368. The summed E-state index contributed by atoms with van der Waals surface area (Å²) in [5, 5.41) is 0. The molecule has 0 amide bonds. The molecule has 0 atom stereocenters. The van der Waals surface area contributed by atoms with Crippen molar-refractivity contribution in [3.05, 3.63) is 59.7 Å². The lowest BCUT2D eigenvalue weighted by Crippen LogP contribution is -2.13. The molecule has 0 bridgehead atoms. The van der Waals surface area contributed by atoms with E-state index in [1.165, 1.54) is 5.56 Å². The first-order chi connectivity index (χ1) is 10.7. The maximum absolute atomic E-state index is 5.88. The molecular formula is C19H25NO2. The van der Waals surface area contributed by atoms with E-state index in [9.17, 15) is 0 Å². The van der Waals surface area contributed by atoms with Crippen LogP contribution in [0.3, 0.4) is 0 Å². The number of rotatable bonds is 8. The second kappa shape index (κ2) is 8.44. The molecule has 22 heavy (non-hydrogen) atoms. The van der Waals surface area contributed by atoms with Gasteiger partial charge in [-0.1, -0.05) is 36.4 Å². The van der Waals surface area contributed by atoms with Gasteiger partial charge in [0, 0.05) is 0 Å². The molecule has 0 radical (unpaired) electrons. The number of hydrogen-bond acceptors (Lipinski definition) is 3. The fourth-order valence-electron chi connectivity index (χ4n) is 2.32. The molecule has 0 saturated carbocycles. The molecule has 0 spiro atoms. The summed E-state index contributed by atoms with van der Waals surface area (Å²) in [6.45, 7) is 1.64. The van der Waals surface area contributed by atoms with Crippen molar-refractivity contribution in [2.45, 2.75) is 19.4 Å². The highest BCUT2D eigenvalue weighted by atomic mass is 16.5. The van der Waals surface area contributed by atoms with Gasteiger partial charge in [-0.25, -0.2) is 0 Å². The zero-order valence-electron chi connectivity index (χ0n) is 13.7. The predicted octanol–water partition coefficient (Wildman–Crippen LogP) is 3.77. The van der Waals surface area contributed by atoms with E-state index in [1.807, 2.05) is 24.3 Å². The molecule has 118 valence electrons. The highest BCUT2D eigenvalue weighted by molar-refractivity contribution is 5.43. The molecule has 0 aromatic heterocycles. The quantitative estimate of drug-likeness (QED) is 0.740. The summed E-state index contributed by atoms with van der Waals surface area (Å²) in [5.41, 5.74) is 2.44. The van der Waals surface area contributed by atoms with Gasteiger partial charge in [0.05, 0.1) is 7.11 Å². The SMILES string of the molecule is COc1cc(CCCN(C)C)ccc1OCc1ccccc1. The highest BCUT2D eigenvalue weighted by Gasteiger charge is 2.06. The molecule has 0 heterocycles. The van der Waals surface area contributed by atoms with Crippen LogP contribution in [-0.2, 0) is 13.0 Å². The molecule has 0 fully saturated rings. The summed E-state index contributed by atoms with van der Waals surface area (Å²) in [7, 11) is 5.89. The summed E-state index contributed by atoms with van der Waals surface area (Å²) in [6.07, 6.45) is 2.19. The van der Waals surface area contributed by atoms with Gasteiger partial charge in [0.15, 0.2) is 11.5 Å². The molecule has 3 nitrogen and oxygen atoms in total. The van der Waals surface area contributed by atoms with E-state index in [0.29, 0.717) is 6.61 Å². The Bertz CT molecular complexity index is 567. The van der Waals surface area contributed by atoms with Gasteiger partial charge in [0.1, 0.15) is 6.61 Å². The Kier molecular flexibility index (Phi) is 6.28. The minimum Gasteiger partial charge on any atom is -0.493 e. The van der Waals surface area contributed by atoms with E-state index in [0.717, 1.165) is 36.4 Å². The predicted molar refractivity (Wildman–Crippen MR) is 90.6 cm³/mol. The van der Waals surface area contributed by atoms with Gasteiger partial charge in [0.2, 0.25) is 0 Å². The van der Waals surface area contributed by atoms with Crippen LogP contribution in [0.2, 0.25) is 0 Å². The van der Waals surface area contributed by atoms with Crippen LogP contribution in [0.1, 0.15) is 17.5 Å². The van der Waals surface area contributed by atoms with E-state index in [4.69, 9.17) is 9.47 Å². The molecule has 2 aromatic carbocycles. The molecule has 2 rings (SSSR count). The lowest BCUT2D eigenvalue weighted by atomic mass is 10.1. The average molecular weight is 299 g/mol. The van der Waals surface area contributed by atoms with Crippen molar-refractivity contribution >= 4 is 0 Å². The number of nitrogens with zero attached hydrogens (tertiary/aromatic N) is 1. The first-order valence-corrected chi connectivity index (χ1v) is 7.67. The molecule has 3 heteroatoms. The van der Waals surface area contributed by atoms with Gasteiger partial charge in [-0.05, 0) is 56.7 Å². The van der Waals surface area contributed by atoms with E-state index in [1.54, 1.807) is 7.11 Å². The summed E-state index contributed by atoms with van der Waals surface area (Å²) in [5.74, 6) is 1.60. The minimum atomic E-state index is 0.553. The van der Waals surface area contributed by atoms with Gasteiger partial charge >= 0.3 is 0 Å². The van der Waals surface area contributed by atoms with Crippen LogP contribution >= 0.6 is 0 Å². The van der Waals surface area contributed by atoms with Gasteiger partial charge < -0.3 is 14.4 Å². The van der Waals surface area contributed by atoms with Crippen molar-refractivity contribution in [2.24, 2.45) is 0 Å². The second-order valence-corrected chi connectivity index (χ2v) is 5.67. The zero-order valence-corrected chi connectivity index (χ0v) is 13.7. The number of aryl methyl sites for hydroxylation is 1. The van der Waals surface area contributed by atoms with E-state index < -0.39 is 0 Å². The Labute approximate surface area is 133 Å². The number of hydrogen-bond donors (Lipinski definition) is 0. The standard InChI is InChI=1S/C19H25NO2/c1-20(2)13-7-10-16-11-12-18(19(14-16)21-3)22-15-17-8-5-4-6-9-17/h4-6,8-9,11-12,14H,7,10,13,15H2,1-3H3. The first kappa shape index (κ1) is 16.4. The smallest absolute Gasteiger partial charge is 0.161 e. The molecule has 2 aromatic rings. The lowest BCUT2D eigenvalue weighted by molar-refractivity contribution is 0.284. The topological polar surface area (TPSA) is 21.7 Å². The minimum absolute atomic E-state index is 0.553. The Balaban J connectivity index is 1.96. The number of methoxy groups -OCH3 is 1. The molecule has 0 aliphatic heterocycles. The van der Waals surface area contributed by atoms with E-state index in [-0.39, 0.29) is 0 Å². The van der Waals surface area contributed by atoms with Crippen LogP contribution in [0, 0.1) is 0 Å². The Hall–Kier alpha value is -2.00. The van der Waals surface area contributed by atoms with Gasteiger partial charge in [-0.3, -0.25) is 0 Å². The normalized spacial score (nSPS) is 10.7. The Morgan fingerprint density at radius 2 is 1.68 bits per heavy atom. The van der Waals surface area contributed by atoms with Gasteiger partial charge in [-0.15, -0.1) is 0 Å². The third-order valence-electron chi connectivity index (χ3n) is 3.54. The van der Waals surface area contributed by atoms with Crippen molar-refractivity contribution in [3.63, 3.8) is 0 Å². The summed E-state index contributed by atoms with van der Waals surface area (Å²) in [4.78, 5) is 2.20. The van der Waals surface area contributed by atoms with E-state index in [2.05, 4.69) is 43.3 Å². The van der Waals surface area contributed by atoms with E-state index >= 15 is 0 Å². The largest absolute Gasteiger partial charge is 0.493 e. The monoisotopic (exact) mass is 299 g/mol. The maximum atomic E-state index is 5.88. The van der Waals surface area contributed by atoms with Crippen molar-refractivity contribution < 1.29 is 9.47 Å². The van der Waals surface area contributed by atoms with Crippen LogP contribution in [0.4, 0.5) is 0 Å². The highest BCUT2D eigenvalue weighted by Crippen LogP contribution is 2.29. The second-order valence-electron chi connectivity index (χ2n) is 5.67. The van der Waals surface area contributed by atoms with Gasteiger partial charge in [0.25, 0.3) is 0 Å². The summed E-state index contributed by atoms with van der Waals surface area (Å²) >= 11 is 0. The molecule has 0 saturated heterocycles. The molecule has 0 N–H and O–H groups in total. The summed E-state index contributed by atoms with van der Waals surface area (Å²) < 4.78 is 11.3. The maximum Gasteiger partial charge on any atom is 0.161 e. The van der Waals surface area contributed by atoms with Crippen LogP contribution in [0.15, 0.2) is 48.5 Å².